The van der Waals surface area contributed by atoms with Crippen LogP contribution in [0.1, 0.15) is 31.2 Å². The second-order valence-electron chi connectivity index (χ2n) is 5.71. The molecule has 0 aromatic heterocycles. The van der Waals surface area contributed by atoms with Gasteiger partial charge in [-0.25, -0.2) is 0 Å². The van der Waals surface area contributed by atoms with Crippen molar-refractivity contribution in [2.45, 2.75) is 25.7 Å². The number of thioether (sulfide) groups is 1. The Balaban J connectivity index is 1.96. The zero-order valence-electron chi connectivity index (χ0n) is 14.3. The zero-order chi connectivity index (χ0) is 19.8. The molecule has 142 valence electrons. The Bertz CT molecular complexity index is 820. The van der Waals surface area contributed by atoms with Crippen molar-refractivity contribution in [2.75, 3.05) is 6.54 Å². The molecule has 0 atom stereocenters. The van der Waals surface area contributed by atoms with Crippen LogP contribution in [0, 0.1) is 10.1 Å². The summed E-state index contributed by atoms with van der Waals surface area (Å²) >= 11 is 6.40. The third-order valence-corrected chi connectivity index (χ3v) is 5.19. The second-order valence-corrected chi connectivity index (χ2v) is 7.39. The number of carbonyl (C=O) groups excluding carboxylic acids is 2. The standard InChI is InChI=1S/C18H18N2O5S2/c21-16(22)11-2-1-5-12-19-17(23)15(27-18(19)26)10-6-8-13-7-3-4-9-14(13)20(24)25/h3-4,6-10H,1-2,5,11-12H2,(H,21,22)/p-1/b8-6+,15-10+. The highest BCUT2D eigenvalue weighted by Crippen LogP contribution is 2.31. The quantitative estimate of drug-likeness (QED) is 0.204. The smallest absolute Gasteiger partial charge is 0.276 e. The van der Waals surface area contributed by atoms with Crippen molar-refractivity contribution in [1.29, 1.82) is 0 Å². The Labute approximate surface area is 165 Å². The summed E-state index contributed by atoms with van der Waals surface area (Å²) in [6, 6.07) is 6.33. The van der Waals surface area contributed by atoms with Gasteiger partial charge in [0.25, 0.3) is 11.6 Å². The van der Waals surface area contributed by atoms with Crippen molar-refractivity contribution in [1.82, 2.24) is 4.90 Å². The van der Waals surface area contributed by atoms with Gasteiger partial charge in [0.2, 0.25) is 0 Å². The fraction of sp³-hybridized carbons (Fsp3) is 0.278. The molecule has 1 aromatic carbocycles. The van der Waals surface area contributed by atoms with Crippen LogP contribution in [-0.4, -0.2) is 32.6 Å². The van der Waals surface area contributed by atoms with E-state index in [1.807, 2.05) is 0 Å². The number of nitro benzene ring substituents is 1. The number of thiocarbonyl (C=S) groups is 1. The minimum atomic E-state index is -1.08. The Morgan fingerprint density at radius 3 is 2.70 bits per heavy atom. The summed E-state index contributed by atoms with van der Waals surface area (Å²) in [7, 11) is 0. The van der Waals surface area contributed by atoms with Crippen molar-refractivity contribution < 1.29 is 19.6 Å². The van der Waals surface area contributed by atoms with Crippen LogP contribution in [0.5, 0.6) is 0 Å². The van der Waals surface area contributed by atoms with Crippen LogP contribution < -0.4 is 5.11 Å². The van der Waals surface area contributed by atoms with Crippen LogP contribution in [0.2, 0.25) is 0 Å². The molecular weight excluding hydrogens is 388 g/mol. The first kappa shape index (κ1) is 20.8. The number of benzene rings is 1. The van der Waals surface area contributed by atoms with E-state index in [2.05, 4.69) is 0 Å². The number of carbonyl (C=O) groups is 2. The summed E-state index contributed by atoms with van der Waals surface area (Å²) < 4.78 is 0.449. The van der Waals surface area contributed by atoms with E-state index in [1.165, 1.54) is 22.7 Å². The molecule has 0 saturated carbocycles. The number of carboxylic acid groups (broad SMARTS) is 1. The summed E-state index contributed by atoms with van der Waals surface area (Å²) in [5, 5.41) is 21.4. The number of para-hydroxylation sites is 1. The van der Waals surface area contributed by atoms with Gasteiger partial charge >= 0.3 is 0 Å². The van der Waals surface area contributed by atoms with Crippen LogP contribution in [0.4, 0.5) is 5.69 Å². The third kappa shape index (κ3) is 6.00. The zero-order valence-corrected chi connectivity index (χ0v) is 16.0. The van der Waals surface area contributed by atoms with E-state index in [-0.39, 0.29) is 18.0 Å². The number of hydrogen-bond acceptors (Lipinski definition) is 7. The number of aliphatic carboxylic acids is 1. The monoisotopic (exact) mass is 405 g/mol. The summed E-state index contributed by atoms with van der Waals surface area (Å²) in [6.45, 7) is 0.433. The maximum atomic E-state index is 12.4. The summed E-state index contributed by atoms with van der Waals surface area (Å²) in [5.41, 5.74) is 0.438. The van der Waals surface area contributed by atoms with Crippen LogP contribution in [-0.2, 0) is 9.59 Å². The van der Waals surface area contributed by atoms with Crippen molar-refractivity contribution >= 4 is 51.9 Å². The molecule has 0 spiro atoms. The highest BCUT2D eigenvalue weighted by molar-refractivity contribution is 8.26. The van der Waals surface area contributed by atoms with Gasteiger partial charge in [0, 0.05) is 18.6 Å². The number of rotatable bonds is 9. The van der Waals surface area contributed by atoms with Crippen LogP contribution >= 0.6 is 24.0 Å². The van der Waals surface area contributed by atoms with Gasteiger partial charge in [0.05, 0.1) is 15.4 Å². The second kappa shape index (κ2) is 9.98. The number of nitrogens with zero attached hydrogens (tertiary/aromatic N) is 2. The molecule has 1 aromatic rings. The van der Waals surface area contributed by atoms with Gasteiger partial charge < -0.3 is 9.90 Å². The first-order valence-corrected chi connectivity index (χ1v) is 9.48. The molecule has 0 unspecified atom stereocenters. The molecule has 1 aliphatic heterocycles. The van der Waals surface area contributed by atoms with Gasteiger partial charge in [0.15, 0.2) is 0 Å². The first-order valence-electron chi connectivity index (χ1n) is 8.25. The lowest BCUT2D eigenvalue weighted by molar-refractivity contribution is -0.385. The number of allylic oxidation sites excluding steroid dienone is 2. The molecule has 0 aliphatic carbocycles. The SMILES string of the molecule is O=C([O-])CCCCCN1C(=O)/C(=C\C=C\c2ccccc2[N+](=O)[O-])SC1=S. The number of amides is 1. The highest BCUT2D eigenvalue weighted by Gasteiger charge is 2.30. The summed E-state index contributed by atoms with van der Waals surface area (Å²) in [4.78, 5) is 35.3. The Morgan fingerprint density at radius 2 is 2.00 bits per heavy atom. The minimum absolute atomic E-state index is 0.00809. The van der Waals surface area contributed by atoms with Gasteiger partial charge in [-0.3, -0.25) is 19.8 Å². The summed E-state index contributed by atoms with van der Waals surface area (Å²) in [6.07, 6.45) is 6.59. The van der Waals surface area contributed by atoms with Crippen LogP contribution in [0.3, 0.4) is 0 Å². The van der Waals surface area contributed by atoms with Crippen molar-refractivity contribution in [3.05, 3.63) is 57.0 Å². The molecule has 27 heavy (non-hydrogen) atoms. The Kier molecular flexibility index (Phi) is 7.68. The number of unbranched alkanes of at least 4 members (excludes halogenated alkanes) is 2. The van der Waals surface area contributed by atoms with Crippen molar-refractivity contribution in [2.24, 2.45) is 0 Å². The minimum Gasteiger partial charge on any atom is -0.550 e. The number of hydrogen-bond donors (Lipinski definition) is 0. The van der Waals surface area contributed by atoms with Gasteiger partial charge in [-0.1, -0.05) is 48.6 Å². The molecule has 2 rings (SSSR count). The van der Waals surface area contributed by atoms with Gasteiger partial charge in [-0.15, -0.1) is 0 Å². The number of carboxylic acids is 1. The Hall–Kier alpha value is -2.52. The molecule has 0 radical (unpaired) electrons. The van der Waals surface area contributed by atoms with E-state index in [4.69, 9.17) is 12.2 Å². The normalized spacial score (nSPS) is 15.9. The topological polar surface area (TPSA) is 104 Å². The predicted molar refractivity (Wildman–Crippen MR) is 106 cm³/mol. The van der Waals surface area contributed by atoms with Gasteiger partial charge in [0.1, 0.15) is 4.32 Å². The van der Waals surface area contributed by atoms with E-state index >= 15 is 0 Å². The van der Waals surface area contributed by atoms with Gasteiger partial charge in [-0.2, -0.15) is 0 Å². The molecule has 9 heteroatoms. The van der Waals surface area contributed by atoms with Gasteiger partial charge in [-0.05, 0) is 37.5 Å². The fourth-order valence-electron chi connectivity index (χ4n) is 2.46. The highest BCUT2D eigenvalue weighted by atomic mass is 32.2. The molecule has 1 amide bonds. The molecule has 1 heterocycles. The van der Waals surface area contributed by atoms with Crippen molar-refractivity contribution in [3.8, 4) is 0 Å². The molecular formula is C18H17N2O5S2-. The Morgan fingerprint density at radius 1 is 1.26 bits per heavy atom. The predicted octanol–water partition coefficient (Wildman–Crippen LogP) is 2.66. The van der Waals surface area contributed by atoms with Crippen molar-refractivity contribution in [3.63, 3.8) is 0 Å². The third-order valence-electron chi connectivity index (χ3n) is 3.79. The fourth-order valence-corrected chi connectivity index (χ4v) is 3.72. The lowest BCUT2D eigenvalue weighted by atomic mass is 10.1. The maximum absolute atomic E-state index is 12.4. The van der Waals surface area contributed by atoms with Crippen LogP contribution in [0.25, 0.3) is 6.08 Å². The average Bonchev–Trinajstić information content (AvgIpc) is 2.89. The van der Waals surface area contributed by atoms with E-state index in [0.29, 0.717) is 40.6 Å². The molecule has 7 nitrogen and oxygen atoms in total. The van der Waals surface area contributed by atoms with E-state index in [1.54, 1.807) is 36.4 Å². The summed E-state index contributed by atoms with van der Waals surface area (Å²) in [5.74, 6) is -1.29. The van der Waals surface area contributed by atoms with E-state index in [0.717, 1.165) is 0 Å². The average molecular weight is 405 g/mol. The molecule has 0 N–H and O–H groups in total. The van der Waals surface area contributed by atoms with Crippen LogP contribution in [0.15, 0.2) is 41.3 Å². The van der Waals surface area contributed by atoms with E-state index in [9.17, 15) is 24.8 Å². The lowest BCUT2D eigenvalue weighted by Crippen LogP contribution is -2.29. The molecule has 0 bridgehead atoms. The first-order chi connectivity index (χ1) is 12.9. The molecule has 1 fully saturated rings. The largest absolute Gasteiger partial charge is 0.550 e. The van der Waals surface area contributed by atoms with E-state index < -0.39 is 10.9 Å². The lowest BCUT2D eigenvalue weighted by Gasteiger charge is -2.14. The molecule has 1 aliphatic rings. The maximum Gasteiger partial charge on any atom is 0.276 e. The number of nitro groups is 1. The molecule has 1 saturated heterocycles.